The van der Waals surface area contributed by atoms with Crippen molar-refractivity contribution >= 4 is 34.8 Å². The van der Waals surface area contributed by atoms with E-state index in [2.05, 4.69) is 16.0 Å². The number of hydrogen-bond donors (Lipinski definition) is 4. The monoisotopic (exact) mass is 294 g/mol. The lowest BCUT2D eigenvalue weighted by Crippen LogP contribution is -2.51. The number of carbonyl (C=O) groups excluding carboxylic acids is 2. The number of benzene rings is 1. The molecule has 0 aliphatic rings. The van der Waals surface area contributed by atoms with Crippen LogP contribution in [-0.4, -0.2) is 29.0 Å². The molecular formula is C13H18N4O2S. The molecule has 0 aromatic heterocycles. The van der Waals surface area contributed by atoms with Gasteiger partial charge in [0, 0.05) is 5.69 Å². The Morgan fingerprint density at radius 2 is 1.70 bits per heavy atom. The molecule has 0 heterocycles. The Bertz CT molecular complexity index is 492. The second kappa shape index (κ2) is 7.44. The third-order valence-corrected chi connectivity index (χ3v) is 2.78. The van der Waals surface area contributed by atoms with E-state index in [9.17, 15) is 9.59 Å². The number of nitrogens with one attached hydrogen (secondary N) is 3. The summed E-state index contributed by atoms with van der Waals surface area (Å²) in [5.41, 5.74) is 5.90. The predicted octanol–water partition coefficient (Wildman–Crippen LogP) is 0.351. The number of nitrogens with two attached hydrogens (primary N) is 1. The van der Waals surface area contributed by atoms with E-state index >= 15 is 0 Å². The van der Waals surface area contributed by atoms with Crippen LogP contribution in [-0.2, 0) is 9.59 Å². The number of anilines is 1. The summed E-state index contributed by atoms with van der Waals surface area (Å²) in [6.45, 7) is 3.16. The summed E-state index contributed by atoms with van der Waals surface area (Å²) in [5, 5.41) is 8.59. The van der Waals surface area contributed by atoms with Crippen molar-refractivity contribution in [2.45, 2.75) is 25.9 Å². The summed E-state index contributed by atoms with van der Waals surface area (Å²) in [5.74, 6) is -0.941. The zero-order valence-corrected chi connectivity index (χ0v) is 12.2. The Kier molecular flexibility index (Phi) is 5.92. The average Bonchev–Trinajstić information content (AvgIpc) is 2.39. The minimum absolute atomic E-state index is 0.325. The van der Waals surface area contributed by atoms with Crippen LogP contribution in [0, 0.1) is 0 Å². The van der Waals surface area contributed by atoms with Crippen molar-refractivity contribution in [1.82, 2.24) is 10.6 Å². The van der Waals surface area contributed by atoms with Crippen molar-refractivity contribution in [3.63, 3.8) is 0 Å². The smallest absolute Gasteiger partial charge is 0.242 e. The molecule has 1 unspecified atom stereocenters. The summed E-state index contributed by atoms with van der Waals surface area (Å²) in [7, 11) is 0. The van der Waals surface area contributed by atoms with Gasteiger partial charge in [-0.2, -0.15) is 0 Å². The van der Waals surface area contributed by atoms with Gasteiger partial charge in [0.15, 0.2) is 5.11 Å². The molecule has 0 radical (unpaired) electrons. The molecule has 0 spiro atoms. The van der Waals surface area contributed by atoms with E-state index in [1.807, 2.05) is 30.3 Å². The van der Waals surface area contributed by atoms with Crippen LogP contribution >= 0.6 is 12.2 Å². The lowest BCUT2D eigenvalue weighted by atomic mass is 10.2. The Morgan fingerprint density at radius 3 is 2.25 bits per heavy atom. The van der Waals surface area contributed by atoms with E-state index in [0.717, 1.165) is 5.69 Å². The van der Waals surface area contributed by atoms with Gasteiger partial charge in [0.05, 0.1) is 0 Å². The Balaban J connectivity index is 2.45. The second-order valence-corrected chi connectivity index (χ2v) is 4.73. The van der Waals surface area contributed by atoms with Crippen LogP contribution in [0.3, 0.4) is 0 Å². The summed E-state index contributed by atoms with van der Waals surface area (Å²) in [6, 6.07) is 8.04. The largest absolute Gasteiger partial charge is 0.368 e. The van der Waals surface area contributed by atoms with Gasteiger partial charge in [-0.05, 0) is 38.2 Å². The van der Waals surface area contributed by atoms with Gasteiger partial charge in [-0.25, -0.2) is 0 Å². The summed E-state index contributed by atoms with van der Waals surface area (Å²) < 4.78 is 0. The van der Waals surface area contributed by atoms with Crippen molar-refractivity contribution in [3.8, 4) is 0 Å². The fraction of sp³-hybridized carbons (Fsp3) is 0.308. The van der Waals surface area contributed by atoms with Gasteiger partial charge in [-0.1, -0.05) is 18.2 Å². The first-order valence-corrected chi connectivity index (χ1v) is 6.53. The van der Waals surface area contributed by atoms with Gasteiger partial charge in [0.25, 0.3) is 0 Å². The number of primary amides is 1. The highest BCUT2D eigenvalue weighted by Crippen LogP contribution is 2.04. The van der Waals surface area contributed by atoms with Gasteiger partial charge in [0.2, 0.25) is 11.8 Å². The van der Waals surface area contributed by atoms with Crippen LogP contribution in [0.2, 0.25) is 0 Å². The molecule has 0 aliphatic heterocycles. The van der Waals surface area contributed by atoms with Crippen molar-refractivity contribution in [2.24, 2.45) is 5.73 Å². The number of amides is 2. The lowest BCUT2D eigenvalue weighted by molar-refractivity contribution is -0.127. The van der Waals surface area contributed by atoms with Crippen LogP contribution in [0.15, 0.2) is 30.3 Å². The maximum atomic E-state index is 11.8. The first kappa shape index (κ1) is 15.9. The fourth-order valence-electron chi connectivity index (χ4n) is 1.36. The Labute approximate surface area is 123 Å². The highest BCUT2D eigenvalue weighted by molar-refractivity contribution is 7.80. The minimum Gasteiger partial charge on any atom is -0.368 e. The SMILES string of the molecule is CC(NC(=O)[C@H](C)NC(=S)Nc1ccccc1)C(N)=O. The molecule has 2 atom stereocenters. The van der Waals surface area contributed by atoms with Gasteiger partial charge >= 0.3 is 0 Å². The van der Waals surface area contributed by atoms with Gasteiger partial charge in [-0.3, -0.25) is 9.59 Å². The maximum absolute atomic E-state index is 11.8. The van der Waals surface area contributed by atoms with Crippen molar-refractivity contribution < 1.29 is 9.59 Å². The normalized spacial score (nSPS) is 12.9. The van der Waals surface area contributed by atoms with E-state index in [-0.39, 0.29) is 5.91 Å². The molecule has 0 fully saturated rings. The van der Waals surface area contributed by atoms with Gasteiger partial charge in [0.1, 0.15) is 12.1 Å². The molecule has 0 saturated carbocycles. The van der Waals surface area contributed by atoms with E-state index in [1.54, 1.807) is 6.92 Å². The minimum atomic E-state index is -0.720. The van der Waals surface area contributed by atoms with Crippen LogP contribution < -0.4 is 21.7 Å². The molecule has 0 aliphatic carbocycles. The highest BCUT2D eigenvalue weighted by Gasteiger charge is 2.18. The number of para-hydroxylation sites is 1. The summed E-state index contributed by atoms with van der Waals surface area (Å²) in [6.07, 6.45) is 0. The third-order valence-electron chi connectivity index (χ3n) is 2.56. The standard InChI is InChI=1S/C13H18N4O2S/c1-8(11(14)18)15-12(19)9(2)16-13(20)17-10-6-4-3-5-7-10/h3-9H,1-2H3,(H2,14,18)(H,15,19)(H2,16,17,20)/t8?,9-/m0/s1. The first-order chi connectivity index (χ1) is 9.40. The van der Waals surface area contributed by atoms with E-state index < -0.39 is 18.0 Å². The summed E-state index contributed by atoms with van der Waals surface area (Å²) in [4.78, 5) is 22.6. The zero-order valence-electron chi connectivity index (χ0n) is 11.3. The Hall–Kier alpha value is -2.15. The van der Waals surface area contributed by atoms with Crippen molar-refractivity contribution in [1.29, 1.82) is 0 Å². The van der Waals surface area contributed by atoms with Crippen LogP contribution in [0.5, 0.6) is 0 Å². The molecule has 0 saturated heterocycles. The number of rotatable bonds is 5. The Morgan fingerprint density at radius 1 is 1.10 bits per heavy atom. The summed E-state index contributed by atoms with van der Waals surface area (Å²) >= 11 is 5.10. The molecule has 5 N–H and O–H groups in total. The lowest BCUT2D eigenvalue weighted by Gasteiger charge is -2.18. The molecule has 108 valence electrons. The van der Waals surface area contributed by atoms with E-state index in [1.165, 1.54) is 6.92 Å². The van der Waals surface area contributed by atoms with Crippen LogP contribution in [0.1, 0.15) is 13.8 Å². The van der Waals surface area contributed by atoms with Gasteiger partial charge < -0.3 is 21.7 Å². The third kappa shape index (κ3) is 5.23. The van der Waals surface area contributed by atoms with Gasteiger partial charge in [-0.15, -0.1) is 0 Å². The quantitative estimate of drug-likeness (QED) is 0.588. The molecular weight excluding hydrogens is 276 g/mol. The molecule has 6 nitrogen and oxygen atoms in total. The van der Waals surface area contributed by atoms with Crippen molar-refractivity contribution in [3.05, 3.63) is 30.3 Å². The number of carbonyl (C=O) groups is 2. The van der Waals surface area contributed by atoms with Crippen LogP contribution in [0.4, 0.5) is 5.69 Å². The van der Waals surface area contributed by atoms with Crippen LogP contribution in [0.25, 0.3) is 0 Å². The molecule has 1 aromatic carbocycles. The molecule has 2 amide bonds. The zero-order chi connectivity index (χ0) is 15.1. The maximum Gasteiger partial charge on any atom is 0.242 e. The molecule has 1 aromatic rings. The molecule has 0 bridgehead atoms. The highest BCUT2D eigenvalue weighted by atomic mass is 32.1. The topological polar surface area (TPSA) is 96.2 Å². The average molecular weight is 294 g/mol. The van der Waals surface area contributed by atoms with E-state index in [4.69, 9.17) is 18.0 Å². The molecule has 7 heteroatoms. The first-order valence-electron chi connectivity index (χ1n) is 6.12. The fourth-order valence-corrected chi connectivity index (χ4v) is 1.65. The molecule has 20 heavy (non-hydrogen) atoms. The number of hydrogen-bond acceptors (Lipinski definition) is 3. The predicted molar refractivity (Wildman–Crippen MR) is 82.1 cm³/mol. The van der Waals surface area contributed by atoms with Crippen molar-refractivity contribution in [2.75, 3.05) is 5.32 Å². The van der Waals surface area contributed by atoms with E-state index in [0.29, 0.717) is 5.11 Å². The number of thiocarbonyl (C=S) groups is 1. The molecule has 1 rings (SSSR count). The second-order valence-electron chi connectivity index (χ2n) is 4.32.